The number of nitrogens with zero attached hydrogens (tertiary/aromatic N) is 3. The van der Waals surface area contributed by atoms with Crippen LogP contribution in [0.4, 0.5) is 4.39 Å². The van der Waals surface area contributed by atoms with E-state index in [4.69, 9.17) is 4.74 Å². The molecule has 0 fully saturated rings. The molecule has 164 valence electrons. The van der Waals surface area contributed by atoms with Crippen molar-refractivity contribution < 1.29 is 13.9 Å². The molecule has 0 bridgehead atoms. The van der Waals surface area contributed by atoms with Crippen LogP contribution in [0.15, 0.2) is 59.5 Å². The second-order valence-electron chi connectivity index (χ2n) is 7.50. The second-order valence-corrected chi connectivity index (χ2v) is 7.50. The number of nitrogens with one attached hydrogen (secondary N) is 1. The van der Waals surface area contributed by atoms with Gasteiger partial charge in [0.05, 0.1) is 13.3 Å². The maximum atomic E-state index is 13.5. The van der Waals surface area contributed by atoms with Crippen LogP contribution in [0.25, 0.3) is 11.0 Å². The Bertz CT molecular complexity index is 1300. The standard InChI is InChI=1S/C24H23FN4O3/c1-32-21-14-17(9-11-18(21)25)10-12-20(30)23-27-19-15-26-29(22(19)24(31)28-23)13-5-8-16-6-3-2-4-7-16/h2-4,6-7,9,11,14-15H,5,8,10,12-13H2,1H3,(H,27,28,31). The van der Waals surface area contributed by atoms with Crippen molar-refractivity contribution in [1.29, 1.82) is 0 Å². The molecule has 0 amide bonds. The number of ketones is 1. The number of carbonyl (C=O) groups excluding carboxylic acids is 1. The van der Waals surface area contributed by atoms with E-state index in [0.717, 1.165) is 18.4 Å². The summed E-state index contributed by atoms with van der Waals surface area (Å²) in [6, 6.07) is 14.6. The number of aryl methyl sites for hydroxylation is 3. The zero-order chi connectivity index (χ0) is 22.5. The van der Waals surface area contributed by atoms with Crippen molar-refractivity contribution >= 4 is 16.8 Å². The van der Waals surface area contributed by atoms with E-state index in [2.05, 4.69) is 27.2 Å². The number of hydrogen-bond donors (Lipinski definition) is 1. The van der Waals surface area contributed by atoms with Gasteiger partial charge in [0.25, 0.3) is 5.56 Å². The summed E-state index contributed by atoms with van der Waals surface area (Å²) in [5.41, 5.74) is 2.34. The number of rotatable bonds is 9. The SMILES string of the molecule is COc1cc(CCC(=O)c2nc3cnn(CCCc4ccccc4)c3c(=O)[nH]2)ccc1F. The minimum Gasteiger partial charge on any atom is -0.494 e. The van der Waals surface area contributed by atoms with Crippen molar-refractivity contribution in [1.82, 2.24) is 19.7 Å². The largest absolute Gasteiger partial charge is 0.494 e. The number of Topliss-reactive ketones (excluding diaryl/α,β-unsaturated/α-hetero) is 1. The zero-order valence-corrected chi connectivity index (χ0v) is 17.7. The Labute approximate surface area is 183 Å². The summed E-state index contributed by atoms with van der Waals surface area (Å²) in [6.07, 6.45) is 3.69. The lowest BCUT2D eigenvalue weighted by atomic mass is 10.1. The predicted octanol–water partition coefficient (Wildman–Crippen LogP) is 3.72. The molecule has 0 atom stereocenters. The Morgan fingerprint density at radius 1 is 1.12 bits per heavy atom. The molecular weight excluding hydrogens is 411 g/mol. The molecule has 0 saturated heterocycles. The fraction of sp³-hybridized carbons (Fsp3) is 0.250. The van der Waals surface area contributed by atoms with Crippen molar-refractivity contribution in [3.05, 3.63) is 87.9 Å². The minimum atomic E-state index is -0.459. The van der Waals surface area contributed by atoms with E-state index in [1.54, 1.807) is 16.8 Å². The van der Waals surface area contributed by atoms with E-state index in [0.29, 0.717) is 24.0 Å². The van der Waals surface area contributed by atoms with Crippen molar-refractivity contribution in [3.63, 3.8) is 0 Å². The fourth-order valence-electron chi connectivity index (χ4n) is 3.62. The molecule has 2 heterocycles. The van der Waals surface area contributed by atoms with Crippen molar-refractivity contribution in [2.45, 2.75) is 32.2 Å². The molecule has 0 aliphatic rings. The first-order chi connectivity index (χ1) is 15.5. The molecular formula is C24H23FN4O3. The molecule has 1 N–H and O–H groups in total. The van der Waals surface area contributed by atoms with Crippen LogP contribution in [0.2, 0.25) is 0 Å². The van der Waals surface area contributed by atoms with Crippen LogP contribution < -0.4 is 10.3 Å². The van der Waals surface area contributed by atoms with Crippen molar-refractivity contribution in [2.24, 2.45) is 0 Å². The highest BCUT2D eigenvalue weighted by Crippen LogP contribution is 2.19. The van der Waals surface area contributed by atoms with Gasteiger partial charge in [-0.15, -0.1) is 0 Å². The quantitative estimate of drug-likeness (QED) is 0.406. The Morgan fingerprint density at radius 3 is 2.72 bits per heavy atom. The van der Waals surface area contributed by atoms with E-state index in [9.17, 15) is 14.0 Å². The lowest BCUT2D eigenvalue weighted by molar-refractivity contribution is 0.0973. The zero-order valence-electron chi connectivity index (χ0n) is 17.7. The molecule has 0 radical (unpaired) electrons. The summed E-state index contributed by atoms with van der Waals surface area (Å²) < 4.78 is 20.1. The summed E-state index contributed by atoms with van der Waals surface area (Å²) in [6.45, 7) is 0.572. The highest BCUT2D eigenvalue weighted by molar-refractivity contribution is 5.94. The number of aromatic amines is 1. The van der Waals surface area contributed by atoms with Gasteiger partial charge in [0, 0.05) is 13.0 Å². The van der Waals surface area contributed by atoms with Gasteiger partial charge in [0.1, 0.15) is 5.52 Å². The molecule has 0 aliphatic carbocycles. The maximum absolute atomic E-state index is 13.5. The fourth-order valence-corrected chi connectivity index (χ4v) is 3.62. The molecule has 4 aromatic rings. The smallest absolute Gasteiger partial charge is 0.277 e. The van der Waals surface area contributed by atoms with Gasteiger partial charge in [-0.3, -0.25) is 14.3 Å². The summed E-state index contributed by atoms with van der Waals surface area (Å²) in [7, 11) is 1.39. The van der Waals surface area contributed by atoms with Gasteiger partial charge in [-0.1, -0.05) is 36.4 Å². The Balaban J connectivity index is 1.44. The summed E-state index contributed by atoms with van der Waals surface area (Å²) in [5.74, 6) is -0.632. The topological polar surface area (TPSA) is 89.9 Å². The third-order valence-corrected chi connectivity index (χ3v) is 5.30. The summed E-state index contributed by atoms with van der Waals surface area (Å²) >= 11 is 0. The van der Waals surface area contributed by atoms with Gasteiger partial charge >= 0.3 is 0 Å². The number of halogens is 1. The van der Waals surface area contributed by atoms with Gasteiger partial charge < -0.3 is 9.72 Å². The third-order valence-electron chi connectivity index (χ3n) is 5.30. The first-order valence-electron chi connectivity index (χ1n) is 10.4. The molecule has 0 spiro atoms. The van der Waals surface area contributed by atoms with E-state index in [1.165, 1.54) is 24.9 Å². The lowest BCUT2D eigenvalue weighted by Gasteiger charge is -2.06. The number of aromatic nitrogens is 4. The van der Waals surface area contributed by atoms with Crippen LogP contribution in [-0.2, 0) is 19.4 Å². The van der Waals surface area contributed by atoms with Crippen molar-refractivity contribution in [3.8, 4) is 5.75 Å². The minimum absolute atomic E-state index is 0.000382. The van der Waals surface area contributed by atoms with E-state index in [-0.39, 0.29) is 29.3 Å². The van der Waals surface area contributed by atoms with Crippen molar-refractivity contribution in [2.75, 3.05) is 7.11 Å². The normalized spacial score (nSPS) is 11.1. The van der Waals surface area contributed by atoms with Crippen LogP contribution in [0, 0.1) is 5.82 Å². The number of H-pyrrole nitrogens is 1. The predicted molar refractivity (Wildman–Crippen MR) is 119 cm³/mol. The second kappa shape index (κ2) is 9.55. The maximum Gasteiger partial charge on any atom is 0.277 e. The molecule has 0 unspecified atom stereocenters. The molecule has 2 aromatic heterocycles. The van der Waals surface area contributed by atoms with Gasteiger partial charge in [-0.05, 0) is 42.5 Å². The van der Waals surface area contributed by atoms with Crippen LogP contribution in [-0.4, -0.2) is 32.6 Å². The Morgan fingerprint density at radius 2 is 1.94 bits per heavy atom. The highest BCUT2D eigenvalue weighted by Gasteiger charge is 2.15. The lowest BCUT2D eigenvalue weighted by Crippen LogP contribution is -2.18. The molecule has 4 rings (SSSR count). The first-order valence-corrected chi connectivity index (χ1v) is 10.4. The molecule has 0 saturated carbocycles. The number of ether oxygens (including phenoxy) is 1. The van der Waals surface area contributed by atoms with Crippen LogP contribution in [0.1, 0.15) is 34.6 Å². The number of fused-ring (bicyclic) bond motifs is 1. The first kappa shape index (κ1) is 21.4. The number of carbonyl (C=O) groups is 1. The molecule has 32 heavy (non-hydrogen) atoms. The Hall–Kier alpha value is -3.81. The highest BCUT2D eigenvalue weighted by atomic mass is 19.1. The van der Waals surface area contributed by atoms with Crippen LogP contribution in [0.3, 0.4) is 0 Å². The third kappa shape index (κ3) is 4.74. The van der Waals surface area contributed by atoms with E-state index >= 15 is 0 Å². The number of benzene rings is 2. The van der Waals surface area contributed by atoms with Gasteiger partial charge in [0.15, 0.2) is 28.7 Å². The van der Waals surface area contributed by atoms with Crippen LogP contribution >= 0.6 is 0 Å². The van der Waals surface area contributed by atoms with E-state index < -0.39 is 5.82 Å². The van der Waals surface area contributed by atoms with Gasteiger partial charge in [-0.2, -0.15) is 5.10 Å². The number of methoxy groups -OCH3 is 1. The molecule has 7 nitrogen and oxygen atoms in total. The number of hydrogen-bond acceptors (Lipinski definition) is 5. The van der Waals surface area contributed by atoms with E-state index in [1.807, 2.05) is 18.2 Å². The van der Waals surface area contributed by atoms with Gasteiger partial charge in [0.2, 0.25) is 0 Å². The summed E-state index contributed by atoms with van der Waals surface area (Å²) in [4.78, 5) is 32.2. The Kier molecular flexibility index (Phi) is 6.39. The average molecular weight is 434 g/mol. The molecule has 2 aromatic carbocycles. The molecule has 0 aliphatic heterocycles. The molecule has 8 heteroatoms. The monoisotopic (exact) mass is 434 g/mol. The van der Waals surface area contributed by atoms with Crippen LogP contribution in [0.5, 0.6) is 5.75 Å². The van der Waals surface area contributed by atoms with Gasteiger partial charge in [-0.25, -0.2) is 9.37 Å². The summed E-state index contributed by atoms with van der Waals surface area (Å²) in [5, 5.41) is 4.28. The average Bonchev–Trinajstić information content (AvgIpc) is 3.22.